The van der Waals surface area contributed by atoms with Gasteiger partial charge in [-0.1, -0.05) is 23.9 Å². The van der Waals surface area contributed by atoms with Crippen LogP contribution in [0.2, 0.25) is 0 Å². The summed E-state index contributed by atoms with van der Waals surface area (Å²) in [5, 5.41) is 18.4. The lowest BCUT2D eigenvalue weighted by molar-refractivity contribution is 0.176. The van der Waals surface area contributed by atoms with Gasteiger partial charge in [-0.05, 0) is 75.2 Å². The number of thioether (sulfide) groups is 2. The van der Waals surface area contributed by atoms with Crippen LogP contribution in [0.1, 0.15) is 27.7 Å². The van der Waals surface area contributed by atoms with Gasteiger partial charge in [-0.15, -0.1) is 11.3 Å². The van der Waals surface area contributed by atoms with Crippen LogP contribution in [-0.4, -0.2) is 47.7 Å². The van der Waals surface area contributed by atoms with Crippen LogP contribution in [0.15, 0.2) is 28.6 Å². The highest BCUT2D eigenvalue weighted by Gasteiger charge is 2.31. The lowest BCUT2D eigenvalue weighted by Gasteiger charge is -2.27. The molecule has 17 heteroatoms. The van der Waals surface area contributed by atoms with Gasteiger partial charge in [-0.3, -0.25) is 0 Å². The molecule has 3 N–H and O–H groups in total. The quantitative estimate of drug-likeness (QED) is 0.0797. The normalized spacial score (nSPS) is 11.1. The van der Waals surface area contributed by atoms with Crippen molar-refractivity contribution in [3.8, 4) is 5.40 Å². The van der Waals surface area contributed by atoms with Crippen molar-refractivity contribution in [2.24, 2.45) is 5.73 Å². The van der Waals surface area contributed by atoms with E-state index in [1.165, 1.54) is 16.5 Å². The molecule has 0 fully saturated rings. The first-order valence-electron chi connectivity index (χ1n) is 10.1. The minimum atomic E-state index is -2.87. The third kappa shape index (κ3) is 16.2. The number of hydrogen-bond acceptors (Lipinski definition) is 13. The van der Waals surface area contributed by atoms with E-state index in [0.29, 0.717) is 26.4 Å². The zero-order valence-corrected chi connectivity index (χ0v) is 25.5. The van der Waals surface area contributed by atoms with E-state index < -0.39 is 19.5 Å². The maximum atomic E-state index is 8.78. The highest BCUT2D eigenvalue weighted by atomic mass is 32.5. The van der Waals surface area contributed by atoms with Crippen molar-refractivity contribution < 1.29 is 32.3 Å². The number of amides is 1. The summed E-state index contributed by atoms with van der Waals surface area (Å²) in [7, 11) is 0. The number of hydrogen-bond donors (Lipinski definition) is 2. The topological polar surface area (TPSA) is 146 Å². The largest absolute Gasteiger partial charge is 0.465 e. The van der Waals surface area contributed by atoms with E-state index >= 15 is 0 Å². The standard InChI is InChI=1S/C9H6N2S3.C8H20O5P2S2.CH3NO2/c10-5-12-6-13-9-11-7-3-1-2-4-8(7)14-9;1-5-9-14(16,10-6-2)13-15(17,11-7-3)12-8-4;2-1(3)4/h1-4H,6H2;5-8H2,1-4H3;2H2,(H,3,4). The molecule has 0 radical (unpaired) electrons. The number of thiazole rings is 1. The Bertz CT molecular complexity index is 937. The van der Waals surface area contributed by atoms with E-state index in [2.05, 4.69) is 16.8 Å². The average Bonchev–Trinajstić information content (AvgIpc) is 3.17. The van der Waals surface area contributed by atoms with E-state index in [1.807, 2.05) is 51.3 Å². The fourth-order valence-electron chi connectivity index (χ4n) is 1.94. The van der Waals surface area contributed by atoms with Crippen molar-refractivity contribution >= 4 is 88.2 Å². The Hall–Kier alpha value is -0.330. The lowest BCUT2D eigenvalue weighted by atomic mass is 10.3. The van der Waals surface area contributed by atoms with Gasteiger partial charge in [0.25, 0.3) is 0 Å². The number of thiocyanates is 1. The van der Waals surface area contributed by atoms with Crippen LogP contribution < -0.4 is 5.73 Å². The van der Waals surface area contributed by atoms with Crippen molar-refractivity contribution in [2.45, 2.75) is 32.0 Å². The number of para-hydroxylation sites is 1. The van der Waals surface area contributed by atoms with Crippen molar-refractivity contribution in [3.63, 3.8) is 0 Å². The van der Waals surface area contributed by atoms with Crippen molar-refractivity contribution in [1.29, 1.82) is 5.26 Å². The van der Waals surface area contributed by atoms with E-state index in [-0.39, 0.29) is 0 Å². The second kappa shape index (κ2) is 19.7. The molecule has 1 aromatic heterocycles. The van der Waals surface area contributed by atoms with Gasteiger partial charge in [-0.25, -0.2) is 14.1 Å². The number of rotatable bonds is 13. The molecule has 1 amide bonds. The molecule has 1 aromatic carbocycles. The maximum Gasteiger partial charge on any atom is 0.402 e. The molecule has 2 rings (SSSR count). The van der Waals surface area contributed by atoms with Gasteiger partial charge in [0, 0.05) is 0 Å². The van der Waals surface area contributed by atoms with Crippen LogP contribution in [0.5, 0.6) is 0 Å². The third-order valence-corrected chi connectivity index (χ3v) is 12.1. The van der Waals surface area contributed by atoms with E-state index in [4.69, 9.17) is 61.2 Å². The molecule has 10 nitrogen and oxygen atoms in total. The van der Waals surface area contributed by atoms with Crippen molar-refractivity contribution in [1.82, 2.24) is 4.98 Å². The molecule has 0 unspecified atom stereocenters. The second-order valence-electron chi connectivity index (χ2n) is 5.43. The van der Waals surface area contributed by atoms with E-state index in [1.54, 1.807) is 23.1 Å². The Morgan fingerprint density at radius 2 is 1.54 bits per heavy atom. The lowest BCUT2D eigenvalue weighted by Crippen LogP contribution is -2.03. The minimum absolute atomic E-state index is 0.394. The van der Waals surface area contributed by atoms with Crippen LogP contribution >= 0.6 is 48.3 Å². The molecule has 0 aliphatic rings. The zero-order valence-electron chi connectivity index (χ0n) is 19.6. The highest BCUT2D eigenvalue weighted by molar-refractivity contribution is 8.18. The first kappa shape index (κ1) is 34.7. The van der Waals surface area contributed by atoms with Gasteiger partial charge in [0.1, 0.15) is 5.40 Å². The average molecular weight is 622 g/mol. The SMILES string of the molecule is CCOP(=S)(OCC)OP(=S)(OCC)OCC.N#CSCSc1nc2ccccc2s1.NC(=O)O. The number of nitriles is 1. The summed E-state index contributed by atoms with van der Waals surface area (Å²) < 4.78 is 29.2. The molecule has 0 saturated heterocycles. The summed E-state index contributed by atoms with van der Waals surface area (Å²) in [6.07, 6.45) is -1.33. The zero-order chi connectivity index (χ0) is 26.7. The summed E-state index contributed by atoms with van der Waals surface area (Å²) in [5.41, 5.74) is 5.07. The number of carbonyl (C=O) groups is 1. The molecule has 0 atom stereocenters. The second-order valence-corrected chi connectivity index (χ2v) is 15.0. The molecule has 1 heterocycles. The number of benzene rings is 1. The van der Waals surface area contributed by atoms with Gasteiger partial charge >= 0.3 is 19.5 Å². The minimum Gasteiger partial charge on any atom is -0.465 e. The Kier molecular flexibility index (Phi) is 19.6. The maximum absolute atomic E-state index is 8.78. The van der Waals surface area contributed by atoms with Crippen molar-refractivity contribution in [2.75, 3.05) is 31.5 Å². The van der Waals surface area contributed by atoms with Gasteiger partial charge < -0.3 is 28.9 Å². The third-order valence-electron chi connectivity index (χ3n) is 2.93. The summed E-state index contributed by atoms with van der Waals surface area (Å²) in [4.78, 5) is 13.2. The van der Waals surface area contributed by atoms with Gasteiger partial charge in [-0.2, -0.15) is 5.26 Å². The number of aromatic nitrogens is 1. The summed E-state index contributed by atoms with van der Waals surface area (Å²) >= 11 is 15.0. The van der Waals surface area contributed by atoms with E-state index in [0.717, 1.165) is 14.9 Å². The Balaban J connectivity index is 0.000000578. The van der Waals surface area contributed by atoms with Crippen LogP contribution in [0.3, 0.4) is 0 Å². The van der Waals surface area contributed by atoms with Crippen molar-refractivity contribution in [3.05, 3.63) is 24.3 Å². The van der Waals surface area contributed by atoms with Gasteiger partial charge in [0.2, 0.25) is 0 Å². The molecular weight excluding hydrogens is 592 g/mol. The fraction of sp³-hybridized carbons (Fsp3) is 0.500. The van der Waals surface area contributed by atoms with Crippen LogP contribution in [0.4, 0.5) is 4.79 Å². The Morgan fingerprint density at radius 1 is 1.09 bits per heavy atom. The fourth-order valence-corrected chi connectivity index (χ4v) is 11.0. The summed E-state index contributed by atoms with van der Waals surface area (Å²) in [6.45, 7) is 3.09. The first-order valence-corrected chi connectivity index (χ1v) is 18.0. The smallest absolute Gasteiger partial charge is 0.402 e. The number of nitrogens with zero attached hydrogens (tertiary/aromatic N) is 2. The number of fused-ring (bicyclic) bond motifs is 1. The highest BCUT2D eigenvalue weighted by Crippen LogP contribution is 2.66. The van der Waals surface area contributed by atoms with Gasteiger partial charge in [0.15, 0.2) is 4.34 Å². The molecule has 0 aliphatic heterocycles. The summed E-state index contributed by atoms with van der Waals surface area (Å²) in [6, 6.07) is 8.07. The Morgan fingerprint density at radius 3 is 1.94 bits per heavy atom. The Labute approximate surface area is 228 Å². The number of primary amides is 1. The molecular formula is C18H29N3O7P2S5. The molecule has 35 heavy (non-hydrogen) atoms. The molecule has 0 saturated carbocycles. The monoisotopic (exact) mass is 621 g/mol. The number of nitrogens with two attached hydrogens (primary N) is 1. The first-order chi connectivity index (χ1) is 16.6. The molecule has 198 valence electrons. The summed E-state index contributed by atoms with van der Waals surface area (Å²) in [5.74, 6) is 0. The van der Waals surface area contributed by atoms with E-state index in [9.17, 15) is 0 Å². The molecule has 0 spiro atoms. The molecule has 0 bridgehead atoms. The van der Waals surface area contributed by atoms with Crippen LogP contribution in [-0.2, 0) is 46.0 Å². The van der Waals surface area contributed by atoms with Crippen LogP contribution in [0.25, 0.3) is 10.2 Å². The number of carboxylic acid groups (broad SMARTS) is 1. The van der Waals surface area contributed by atoms with Crippen LogP contribution in [0, 0.1) is 10.7 Å². The molecule has 2 aromatic rings. The predicted octanol–water partition coefficient (Wildman–Crippen LogP) is 6.78. The predicted molar refractivity (Wildman–Crippen MR) is 152 cm³/mol. The van der Waals surface area contributed by atoms with Gasteiger partial charge in [0.05, 0.1) is 41.7 Å². The molecule has 0 aliphatic carbocycles.